The van der Waals surface area contributed by atoms with Crippen molar-refractivity contribution in [3.05, 3.63) is 95.6 Å². The molecule has 4 aromatic rings. The van der Waals surface area contributed by atoms with Gasteiger partial charge in [0.05, 0.1) is 25.5 Å². The fraction of sp³-hybridized carbons (Fsp3) is 0.250. The first kappa shape index (κ1) is 19.9. The number of nitrogens with one attached hydrogen (secondary N) is 1. The van der Waals surface area contributed by atoms with Crippen molar-refractivity contribution in [2.24, 2.45) is 0 Å². The van der Waals surface area contributed by atoms with Crippen LogP contribution < -0.4 is 10.1 Å². The number of aromatic nitrogens is 4. The second-order valence-corrected chi connectivity index (χ2v) is 7.39. The monoisotopic (exact) mass is 401 g/mol. The van der Waals surface area contributed by atoms with Crippen molar-refractivity contribution in [3.8, 4) is 11.4 Å². The Morgan fingerprint density at radius 3 is 2.63 bits per heavy atom. The standard InChI is InChI=1S/C24H27N5O/c1-18(23-16-27-29(19(23)2)22-8-5-4-6-9-22)25-15-20-10-11-24(30-3)21(14-20)17-28-13-7-12-26-28/h4-14,16,18,25H,15,17H2,1-3H3/t18-/m0/s1. The molecule has 2 aromatic carbocycles. The van der Waals surface area contributed by atoms with E-state index >= 15 is 0 Å². The highest BCUT2D eigenvalue weighted by molar-refractivity contribution is 5.38. The van der Waals surface area contributed by atoms with Crippen LogP contribution in [0.25, 0.3) is 5.69 Å². The molecule has 6 nitrogen and oxygen atoms in total. The van der Waals surface area contributed by atoms with Crippen LogP contribution in [0, 0.1) is 6.92 Å². The van der Waals surface area contributed by atoms with Crippen LogP contribution in [0.15, 0.2) is 73.2 Å². The highest BCUT2D eigenvalue weighted by Crippen LogP contribution is 2.23. The van der Waals surface area contributed by atoms with E-state index in [-0.39, 0.29) is 6.04 Å². The molecule has 0 aliphatic carbocycles. The van der Waals surface area contributed by atoms with Gasteiger partial charge in [0.15, 0.2) is 0 Å². The third-order valence-corrected chi connectivity index (χ3v) is 5.36. The summed E-state index contributed by atoms with van der Waals surface area (Å²) in [5.41, 5.74) is 5.74. The quantitative estimate of drug-likeness (QED) is 0.479. The maximum atomic E-state index is 5.53. The third kappa shape index (κ3) is 4.28. The number of benzene rings is 2. The molecular weight excluding hydrogens is 374 g/mol. The predicted octanol–water partition coefficient (Wildman–Crippen LogP) is 4.28. The summed E-state index contributed by atoms with van der Waals surface area (Å²) in [5.74, 6) is 0.877. The van der Waals surface area contributed by atoms with E-state index in [2.05, 4.69) is 53.6 Å². The molecule has 0 saturated carbocycles. The fourth-order valence-corrected chi connectivity index (χ4v) is 3.69. The number of rotatable bonds is 8. The number of hydrogen-bond acceptors (Lipinski definition) is 4. The lowest BCUT2D eigenvalue weighted by molar-refractivity contribution is 0.407. The summed E-state index contributed by atoms with van der Waals surface area (Å²) in [4.78, 5) is 0. The maximum Gasteiger partial charge on any atom is 0.123 e. The van der Waals surface area contributed by atoms with Gasteiger partial charge in [0, 0.05) is 41.8 Å². The molecule has 0 aliphatic heterocycles. The lowest BCUT2D eigenvalue weighted by atomic mass is 10.1. The average Bonchev–Trinajstić information content (AvgIpc) is 3.42. The SMILES string of the molecule is COc1ccc(CN[C@@H](C)c2cnn(-c3ccccc3)c2C)cc1Cn1cccn1. The van der Waals surface area contributed by atoms with Crippen LogP contribution in [0.4, 0.5) is 0 Å². The van der Waals surface area contributed by atoms with Crippen LogP contribution in [0.3, 0.4) is 0 Å². The van der Waals surface area contributed by atoms with E-state index in [1.807, 2.05) is 52.1 Å². The molecule has 154 valence electrons. The summed E-state index contributed by atoms with van der Waals surface area (Å²) >= 11 is 0. The Bertz CT molecular complexity index is 1090. The minimum absolute atomic E-state index is 0.180. The highest BCUT2D eigenvalue weighted by Gasteiger charge is 2.14. The lowest BCUT2D eigenvalue weighted by Crippen LogP contribution is -2.19. The van der Waals surface area contributed by atoms with Crippen molar-refractivity contribution in [1.82, 2.24) is 24.9 Å². The van der Waals surface area contributed by atoms with Crippen LogP contribution in [0.2, 0.25) is 0 Å². The summed E-state index contributed by atoms with van der Waals surface area (Å²) in [6.45, 7) is 5.73. The van der Waals surface area contributed by atoms with E-state index in [1.54, 1.807) is 13.3 Å². The summed E-state index contributed by atoms with van der Waals surface area (Å²) in [6, 6.07) is 18.6. The number of para-hydroxylation sites is 1. The Kier molecular flexibility index (Phi) is 5.95. The van der Waals surface area contributed by atoms with E-state index in [4.69, 9.17) is 4.74 Å². The van der Waals surface area contributed by atoms with Gasteiger partial charge in [-0.25, -0.2) is 4.68 Å². The smallest absolute Gasteiger partial charge is 0.123 e. The van der Waals surface area contributed by atoms with Crippen LogP contribution in [-0.4, -0.2) is 26.7 Å². The van der Waals surface area contributed by atoms with Gasteiger partial charge < -0.3 is 10.1 Å². The van der Waals surface area contributed by atoms with Gasteiger partial charge in [0.1, 0.15) is 5.75 Å². The molecule has 1 atom stereocenters. The van der Waals surface area contributed by atoms with Crippen molar-refractivity contribution in [2.75, 3.05) is 7.11 Å². The Morgan fingerprint density at radius 1 is 1.07 bits per heavy atom. The molecule has 0 aliphatic rings. The van der Waals surface area contributed by atoms with E-state index < -0.39 is 0 Å². The van der Waals surface area contributed by atoms with Gasteiger partial charge in [-0.15, -0.1) is 0 Å². The van der Waals surface area contributed by atoms with Gasteiger partial charge in [-0.3, -0.25) is 4.68 Å². The zero-order valence-corrected chi connectivity index (χ0v) is 17.6. The Balaban J connectivity index is 1.46. The second-order valence-electron chi connectivity index (χ2n) is 7.39. The Morgan fingerprint density at radius 2 is 1.90 bits per heavy atom. The van der Waals surface area contributed by atoms with Crippen LogP contribution >= 0.6 is 0 Å². The van der Waals surface area contributed by atoms with Crippen LogP contribution in [-0.2, 0) is 13.1 Å². The van der Waals surface area contributed by atoms with E-state index in [9.17, 15) is 0 Å². The van der Waals surface area contributed by atoms with Crippen LogP contribution in [0.1, 0.15) is 35.3 Å². The second kappa shape index (κ2) is 8.97. The van der Waals surface area contributed by atoms with Crippen molar-refractivity contribution >= 4 is 0 Å². The van der Waals surface area contributed by atoms with Crippen molar-refractivity contribution < 1.29 is 4.74 Å². The van der Waals surface area contributed by atoms with Gasteiger partial charge in [-0.2, -0.15) is 10.2 Å². The normalized spacial score (nSPS) is 12.1. The Labute approximate surface area is 177 Å². The first-order valence-corrected chi connectivity index (χ1v) is 10.1. The minimum Gasteiger partial charge on any atom is -0.496 e. The molecule has 0 bridgehead atoms. The van der Waals surface area contributed by atoms with Gasteiger partial charge in [0.2, 0.25) is 0 Å². The first-order valence-electron chi connectivity index (χ1n) is 10.1. The summed E-state index contributed by atoms with van der Waals surface area (Å²) in [7, 11) is 1.70. The highest BCUT2D eigenvalue weighted by atomic mass is 16.5. The first-order chi connectivity index (χ1) is 14.7. The number of hydrogen-bond donors (Lipinski definition) is 1. The molecule has 0 radical (unpaired) electrons. The van der Waals surface area contributed by atoms with E-state index in [0.29, 0.717) is 6.54 Å². The van der Waals surface area contributed by atoms with Gasteiger partial charge in [0.25, 0.3) is 0 Å². The van der Waals surface area contributed by atoms with E-state index in [0.717, 1.165) is 29.2 Å². The van der Waals surface area contributed by atoms with Crippen molar-refractivity contribution in [1.29, 1.82) is 0 Å². The zero-order valence-electron chi connectivity index (χ0n) is 17.6. The number of nitrogens with zero attached hydrogens (tertiary/aromatic N) is 4. The molecule has 2 heterocycles. The molecule has 1 N–H and O–H groups in total. The molecule has 0 amide bonds. The minimum atomic E-state index is 0.180. The van der Waals surface area contributed by atoms with Gasteiger partial charge in [-0.1, -0.05) is 24.3 Å². The fourth-order valence-electron chi connectivity index (χ4n) is 3.69. The molecule has 2 aromatic heterocycles. The molecule has 6 heteroatoms. The number of ether oxygens (including phenoxy) is 1. The third-order valence-electron chi connectivity index (χ3n) is 5.36. The van der Waals surface area contributed by atoms with Crippen molar-refractivity contribution in [2.45, 2.75) is 33.0 Å². The van der Waals surface area contributed by atoms with E-state index in [1.165, 1.54) is 11.1 Å². The largest absolute Gasteiger partial charge is 0.496 e. The molecule has 30 heavy (non-hydrogen) atoms. The molecule has 4 rings (SSSR count). The number of methoxy groups -OCH3 is 1. The average molecular weight is 402 g/mol. The topological polar surface area (TPSA) is 56.9 Å². The summed E-state index contributed by atoms with van der Waals surface area (Å²) in [6.07, 6.45) is 5.70. The van der Waals surface area contributed by atoms with Crippen molar-refractivity contribution in [3.63, 3.8) is 0 Å². The molecule has 0 unspecified atom stereocenters. The molecule has 0 fully saturated rings. The lowest BCUT2D eigenvalue weighted by Gasteiger charge is -2.16. The predicted molar refractivity (Wildman–Crippen MR) is 118 cm³/mol. The van der Waals surface area contributed by atoms with Gasteiger partial charge in [-0.05, 0) is 49.7 Å². The molecule has 0 spiro atoms. The zero-order chi connectivity index (χ0) is 20.9. The summed E-state index contributed by atoms with van der Waals surface area (Å²) < 4.78 is 9.42. The Hall–Kier alpha value is -3.38. The summed E-state index contributed by atoms with van der Waals surface area (Å²) in [5, 5.41) is 12.5. The molecule has 0 saturated heterocycles. The maximum absolute atomic E-state index is 5.53. The van der Waals surface area contributed by atoms with Crippen LogP contribution in [0.5, 0.6) is 5.75 Å². The van der Waals surface area contributed by atoms with Gasteiger partial charge >= 0.3 is 0 Å². The molecular formula is C24H27N5O.